The van der Waals surface area contributed by atoms with Crippen LogP contribution in [0.25, 0.3) is 0 Å². The molecule has 0 aliphatic heterocycles. The first-order chi connectivity index (χ1) is 8.42. The van der Waals surface area contributed by atoms with Crippen LogP contribution in [0.2, 0.25) is 0 Å². The first kappa shape index (κ1) is 17.7. The van der Waals surface area contributed by atoms with Crippen LogP contribution in [-0.4, -0.2) is 64.4 Å². The van der Waals surface area contributed by atoms with Gasteiger partial charge in [0.25, 0.3) is 0 Å². The Hall–Kier alpha value is -0.340. The van der Waals surface area contributed by atoms with Crippen LogP contribution in [0.3, 0.4) is 0 Å². The first-order valence-electron chi connectivity index (χ1n) is 5.91. The molecule has 0 saturated heterocycles. The molecule has 0 aromatic carbocycles. The van der Waals surface area contributed by atoms with Crippen LogP contribution in [-0.2, 0) is 9.53 Å². The normalized spacial score (nSPS) is 18.1. The van der Waals surface area contributed by atoms with E-state index >= 15 is 0 Å². The van der Waals surface area contributed by atoms with E-state index in [4.69, 9.17) is 14.9 Å². The van der Waals surface area contributed by atoms with Crippen molar-refractivity contribution in [2.45, 2.75) is 44.8 Å². The molecular weight excluding hydrogens is 258 g/mol. The summed E-state index contributed by atoms with van der Waals surface area (Å²) in [5.41, 5.74) is 0. The fourth-order valence-electron chi connectivity index (χ4n) is 1.16. The summed E-state index contributed by atoms with van der Waals surface area (Å²) in [5.74, 6) is 0.116. The highest BCUT2D eigenvalue weighted by Gasteiger charge is 2.19. The SMILES string of the molecule is CCC(CSC[C@@H](NC)C(=O)O)O[C@H](O)C(C)O. The monoisotopic (exact) mass is 281 g/mol. The third-order valence-corrected chi connectivity index (χ3v) is 3.61. The molecule has 0 bridgehead atoms. The zero-order valence-electron chi connectivity index (χ0n) is 11.0. The second kappa shape index (κ2) is 9.57. The molecule has 6 nitrogen and oxygen atoms in total. The van der Waals surface area contributed by atoms with Gasteiger partial charge in [-0.25, -0.2) is 0 Å². The van der Waals surface area contributed by atoms with E-state index in [2.05, 4.69) is 5.32 Å². The minimum Gasteiger partial charge on any atom is -0.480 e. The van der Waals surface area contributed by atoms with E-state index in [1.54, 1.807) is 7.05 Å². The lowest BCUT2D eigenvalue weighted by atomic mass is 10.3. The number of aliphatic carboxylic acids is 1. The van der Waals surface area contributed by atoms with E-state index in [1.165, 1.54) is 18.7 Å². The van der Waals surface area contributed by atoms with Gasteiger partial charge in [0.1, 0.15) is 12.1 Å². The lowest BCUT2D eigenvalue weighted by molar-refractivity contribution is -0.178. The van der Waals surface area contributed by atoms with Crippen LogP contribution in [0.15, 0.2) is 0 Å². The van der Waals surface area contributed by atoms with Gasteiger partial charge in [-0.2, -0.15) is 11.8 Å². The number of likely N-dealkylation sites (N-methyl/N-ethyl adjacent to an activating group) is 1. The van der Waals surface area contributed by atoms with Crippen molar-refractivity contribution in [1.29, 1.82) is 0 Å². The predicted molar refractivity (Wildman–Crippen MR) is 70.7 cm³/mol. The molecule has 4 atom stereocenters. The summed E-state index contributed by atoms with van der Waals surface area (Å²) in [6, 6.07) is -0.589. The quantitative estimate of drug-likeness (QED) is 0.415. The Morgan fingerprint density at radius 3 is 2.39 bits per heavy atom. The molecular formula is C11H23NO5S. The number of carbonyl (C=O) groups is 1. The third-order valence-electron chi connectivity index (χ3n) is 2.43. The van der Waals surface area contributed by atoms with Crippen molar-refractivity contribution in [1.82, 2.24) is 5.32 Å². The van der Waals surface area contributed by atoms with Crippen molar-refractivity contribution in [3.63, 3.8) is 0 Å². The van der Waals surface area contributed by atoms with E-state index in [9.17, 15) is 9.90 Å². The molecule has 0 radical (unpaired) electrons. The summed E-state index contributed by atoms with van der Waals surface area (Å²) in [5, 5.41) is 30.0. The molecule has 2 unspecified atom stereocenters. The van der Waals surface area contributed by atoms with E-state index in [0.717, 1.165) is 0 Å². The van der Waals surface area contributed by atoms with Crippen LogP contribution >= 0.6 is 11.8 Å². The molecule has 0 aromatic heterocycles. The number of aliphatic hydroxyl groups is 2. The lowest BCUT2D eigenvalue weighted by Crippen LogP contribution is -2.37. The lowest BCUT2D eigenvalue weighted by Gasteiger charge is -2.22. The van der Waals surface area contributed by atoms with Gasteiger partial charge >= 0.3 is 5.97 Å². The highest BCUT2D eigenvalue weighted by atomic mass is 32.2. The number of hydrogen-bond donors (Lipinski definition) is 4. The Labute approximate surface area is 112 Å². The number of ether oxygens (including phenoxy) is 1. The van der Waals surface area contributed by atoms with Gasteiger partial charge in [-0.05, 0) is 20.4 Å². The van der Waals surface area contributed by atoms with Gasteiger partial charge in [0.05, 0.1) is 6.10 Å². The van der Waals surface area contributed by atoms with Crippen LogP contribution in [0, 0.1) is 0 Å². The van der Waals surface area contributed by atoms with Gasteiger partial charge in [-0.3, -0.25) is 4.79 Å². The summed E-state index contributed by atoms with van der Waals surface area (Å²) in [7, 11) is 1.60. The van der Waals surface area contributed by atoms with E-state index in [-0.39, 0.29) is 6.10 Å². The minimum atomic E-state index is -1.20. The third kappa shape index (κ3) is 7.17. The van der Waals surface area contributed by atoms with Crippen LogP contribution < -0.4 is 5.32 Å². The zero-order valence-corrected chi connectivity index (χ0v) is 11.8. The molecule has 4 N–H and O–H groups in total. The van der Waals surface area contributed by atoms with Gasteiger partial charge in [0, 0.05) is 11.5 Å². The maximum absolute atomic E-state index is 10.8. The fraction of sp³-hybridized carbons (Fsp3) is 0.909. The fourth-order valence-corrected chi connectivity index (χ4v) is 2.42. The average Bonchev–Trinajstić information content (AvgIpc) is 2.32. The Morgan fingerprint density at radius 1 is 1.39 bits per heavy atom. The van der Waals surface area contributed by atoms with Crippen LogP contribution in [0.1, 0.15) is 20.3 Å². The number of aliphatic hydroxyl groups excluding tert-OH is 2. The van der Waals surface area contributed by atoms with Crippen molar-refractivity contribution >= 4 is 17.7 Å². The molecule has 0 rings (SSSR count). The number of carboxylic acid groups (broad SMARTS) is 1. The Kier molecular flexibility index (Phi) is 9.39. The molecule has 0 aliphatic carbocycles. The Balaban J connectivity index is 3.97. The minimum absolute atomic E-state index is 0.203. The zero-order chi connectivity index (χ0) is 14.1. The Bertz CT molecular complexity index is 239. The molecule has 0 amide bonds. The smallest absolute Gasteiger partial charge is 0.321 e. The van der Waals surface area contributed by atoms with Crippen LogP contribution in [0.5, 0.6) is 0 Å². The van der Waals surface area contributed by atoms with Gasteiger partial charge in [-0.15, -0.1) is 0 Å². The van der Waals surface area contributed by atoms with Gasteiger partial charge in [-0.1, -0.05) is 6.92 Å². The largest absolute Gasteiger partial charge is 0.480 e. The number of rotatable bonds is 10. The summed E-state index contributed by atoms with van der Waals surface area (Å²) in [6.45, 7) is 3.36. The molecule has 0 heterocycles. The molecule has 0 aliphatic rings. The number of thioether (sulfide) groups is 1. The number of hydrogen-bond acceptors (Lipinski definition) is 6. The molecule has 0 fully saturated rings. The predicted octanol–water partition coefficient (Wildman–Crippen LogP) is -0.113. The molecule has 0 aromatic rings. The maximum Gasteiger partial charge on any atom is 0.321 e. The van der Waals surface area contributed by atoms with E-state index < -0.39 is 24.4 Å². The van der Waals surface area contributed by atoms with Gasteiger partial charge < -0.3 is 25.4 Å². The number of carboxylic acids is 1. The molecule has 18 heavy (non-hydrogen) atoms. The van der Waals surface area contributed by atoms with Gasteiger partial charge in [0.2, 0.25) is 0 Å². The van der Waals surface area contributed by atoms with Crippen molar-refractivity contribution in [2.24, 2.45) is 0 Å². The van der Waals surface area contributed by atoms with Crippen LogP contribution in [0.4, 0.5) is 0 Å². The summed E-state index contributed by atoms with van der Waals surface area (Å²) in [6.07, 6.45) is -1.65. The topological polar surface area (TPSA) is 99.0 Å². The highest BCUT2D eigenvalue weighted by Crippen LogP contribution is 2.13. The van der Waals surface area contributed by atoms with Crippen molar-refractivity contribution in [2.75, 3.05) is 18.6 Å². The first-order valence-corrected chi connectivity index (χ1v) is 7.07. The highest BCUT2D eigenvalue weighted by molar-refractivity contribution is 7.99. The molecule has 7 heteroatoms. The summed E-state index contributed by atoms with van der Waals surface area (Å²) in [4.78, 5) is 10.8. The molecule has 0 saturated carbocycles. The average molecular weight is 281 g/mol. The van der Waals surface area contributed by atoms with E-state index in [0.29, 0.717) is 17.9 Å². The maximum atomic E-state index is 10.8. The van der Waals surface area contributed by atoms with Gasteiger partial charge in [0.15, 0.2) is 6.29 Å². The second-order valence-corrected chi connectivity index (χ2v) is 5.09. The summed E-state index contributed by atoms with van der Waals surface area (Å²) < 4.78 is 5.25. The Morgan fingerprint density at radius 2 is 2.00 bits per heavy atom. The molecule has 108 valence electrons. The van der Waals surface area contributed by atoms with E-state index in [1.807, 2.05) is 6.92 Å². The number of nitrogens with one attached hydrogen (secondary N) is 1. The summed E-state index contributed by atoms with van der Waals surface area (Å²) >= 11 is 1.44. The standard InChI is InChI=1S/C11H23NO5S/c1-4-8(17-11(16)7(2)13)5-18-6-9(12-3)10(14)15/h7-9,11-13,16H,4-6H2,1-3H3,(H,14,15)/t7?,8?,9-,11+/m1/s1. The second-order valence-electron chi connectivity index (χ2n) is 4.01. The van der Waals surface area contributed by atoms with Crippen molar-refractivity contribution < 1.29 is 24.9 Å². The molecule has 0 spiro atoms. The van der Waals surface area contributed by atoms with Crippen molar-refractivity contribution in [3.8, 4) is 0 Å². The van der Waals surface area contributed by atoms with Crippen molar-refractivity contribution in [3.05, 3.63) is 0 Å².